The molecule has 4 aromatic rings. The largest absolute Gasteiger partial charge is 0.331 e. The SMILES string of the molecule is Cc1cc(C(=C2C=CC(S(=O)(=O)O)=C[C+]2S(=O)(=O)O)c2ccc(Cc3c(C(C)C)cccc3C(C)C)c(C)c2)ccc1Cc1c(C(C)C)cccc1C(C)C. The summed E-state index contributed by atoms with van der Waals surface area (Å²) in [7, 11) is -9.71. The molecule has 8 heteroatoms. The molecule has 0 saturated carbocycles. The number of rotatable bonds is 12. The maximum absolute atomic E-state index is 13.0. The number of allylic oxidation sites excluding steroid dienone is 2. The van der Waals surface area contributed by atoms with Crippen molar-refractivity contribution in [2.45, 2.75) is 106 Å². The van der Waals surface area contributed by atoms with Gasteiger partial charge in [-0.2, -0.15) is 16.8 Å². The lowest BCUT2D eigenvalue weighted by Crippen LogP contribution is -2.18. The number of hydrogen-bond donors (Lipinski definition) is 2. The highest BCUT2D eigenvalue weighted by atomic mass is 32.2. The summed E-state index contributed by atoms with van der Waals surface area (Å²) in [4.78, 5) is -0.629. The maximum Gasteiger partial charge on any atom is 0.331 e. The summed E-state index contributed by atoms with van der Waals surface area (Å²) in [6.07, 6.45) is 4.78. The number of aryl methyl sites for hydroxylation is 2. The fourth-order valence-electron chi connectivity index (χ4n) is 7.86. The second-order valence-electron chi connectivity index (χ2n) is 16.1. The lowest BCUT2D eigenvalue weighted by Gasteiger charge is -2.21. The van der Waals surface area contributed by atoms with Crippen molar-refractivity contribution >= 4 is 25.8 Å². The third-order valence-electron chi connectivity index (χ3n) is 10.8. The first kappa shape index (κ1) is 41.9. The topological polar surface area (TPSA) is 109 Å². The zero-order valence-electron chi connectivity index (χ0n) is 33.7. The summed E-state index contributed by atoms with van der Waals surface area (Å²) < 4.78 is 70.5. The van der Waals surface area contributed by atoms with Gasteiger partial charge in [-0.25, -0.2) is 0 Å². The Morgan fingerprint density at radius 3 is 1.27 bits per heavy atom. The van der Waals surface area contributed by atoms with Gasteiger partial charge in [0.05, 0.1) is 11.6 Å². The minimum absolute atomic E-state index is 0.119. The van der Waals surface area contributed by atoms with Gasteiger partial charge in [0.25, 0.3) is 0 Å². The maximum atomic E-state index is 13.0. The molecule has 0 fully saturated rings. The molecule has 4 aromatic carbocycles. The standard InChI is InChI=1S/C47H54O6S2/c1-28(2)39-13-11-14-40(29(3)4)44(39)25-34-17-19-36(23-32(34)9)47(43-22-21-38(54(48,49)50)27-46(43)55(51,52)53)37-20-18-35(33(10)24-37)26-45-41(30(5)6)15-12-16-42(45)31(7)8/h11-24,27-31H,25-26H2,1-10H3,(H-,48,49,50,51,52,53)/p+1. The Balaban J connectivity index is 1.70. The molecule has 0 atom stereocenters. The van der Waals surface area contributed by atoms with Crippen LogP contribution in [0.2, 0.25) is 0 Å². The minimum atomic E-state index is -4.94. The normalized spacial score (nSPS) is 13.8. The van der Waals surface area contributed by atoms with E-state index in [0.29, 0.717) is 40.4 Å². The number of benzene rings is 4. The second kappa shape index (κ2) is 16.5. The van der Waals surface area contributed by atoms with Crippen LogP contribution in [-0.4, -0.2) is 25.9 Å². The van der Waals surface area contributed by atoms with Crippen LogP contribution in [-0.2, 0) is 33.1 Å². The highest BCUT2D eigenvalue weighted by Crippen LogP contribution is 2.41. The zero-order valence-corrected chi connectivity index (χ0v) is 35.4. The smallest absolute Gasteiger partial charge is 0.275 e. The minimum Gasteiger partial charge on any atom is -0.275 e. The Hall–Kier alpha value is -4.21. The highest BCUT2D eigenvalue weighted by molar-refractivity contribution is 7.90. The van der Waals surface area contributed by atoms with E-state index in [1.807, 2.05) is 38.1 Å². The van der Waals surface area contributed by atoms with Crippen LogP contribution in [0, 0.1) is 19.1 Å². The summed E-state index contributed by atoms with van der Waals surface area (Å²) in [5, 5.41) is -0.610. The van der Waals surface area contributed by atoms with E-state index in [1.54, 1.807) is 0 Å². The van der Waals surface area contributed by atoms with E-state index in [2.05, 4.69) is 104 Å². The fourth-order valence-corrected chi connectivity index (χ4v) is 9.16. The van der Waals surface area contributed by atoms with Gasteiger partial charge in [-0.15, -0.1) is 0 Å². The average Bonchev–Trinajstić information content (AvgIpc) is 3.09. The third kappa shape index (κ3) is 9.26. The van der Waals surface area contributed by atoms with Crippen LogP contribution in [0.25, 0.3) is 5.57 Å². The molecule has 0 bridgehead atoms. The van der Waals surface area contributed by atoms with Crippen molar-refractivity contribution in [1.29, 1.82) is 0 Å². The van der Waals surface area contributed by atoms with Gasteiger partial charge in [0.15, 0.2) is 10.2 Å². The van der Waals surface area contributed by atoms with Crippen molar-refractivity contribution in [2.75, 3.05) is 0 Å². The first-order chi connectivity index (χ1) is 25.7. The molecular weight excluding hydrogens is 725 g/mol. The second-order valence-corrected chi connectivity index (χ2v) is 18.9. The molecule has 6 nitrogen and oxygen atoms in total. The number of hydrogen-bond acceptors (Lipinski definition) is 4. The van der Waals surface area contributed by atoms with Gasteiger partial charge in [-0.1, -0.05) is 104 Å². The van der Waals surface area contributed by atoms with Crippen LogP contribution < -0.4 is 0 Å². The van der Waals surface area contributed by atoms with E-state index in [0.717, 1.165) is 47.2 Å². The molecular formula is C47H55O6S2+. The summed E-state index contributed by atoms with van der Waals surface area (Å²) in [6, 6.07) is 25.2. The molecule has 1 aliphatic carbocycles. The Kier molecular flexibility index (Phi) is 12.6. The van der Waals surface area contributed by atoms with Crippen molar-refractivity contribution < 1.29 is 25.9 Å². The molecule has 0 aromatic heterocycles. The fraction of sp³-hybridized carbons (Fsp3) is 0.340. The Labute approximate surface area is 329 Å². The highest BCUT2D eigenvalue weighted by Gasteiger charge is 2.40. The van der Waals surface area contributed by atoms with Crippen molar-refractivity contribution in [3.8, 4) is 0 Å². The van der Waals surface area contributed by atoms with E-state index in [-0.39, 0.29) is 5.57 Å². The third-order valence-corrected chi connectivity index (χ3v) is 12.5. The van der Waals surface area contributed by atoms with Crippen LogP contribution in [0.5, 0.6) is 0 Å². The van der Waals surface area contributed by atoms with Gasteiger partial charge in [-0.3, -0.25) is 9.11 Å². The molecule has 1 aliphatic rings. The van der Waals surface area contributed by atoms with E-state index < -0.39 is 30.4 Å². The molecule has 0 radical (unpaired) electrons. The molecule has 0 saturated heterocycles. The molecule has 0 spiro atoms. The van der Waals surface area contributed by atoms with E-state index >= 15 is 0 Å². The van der Waals surface area contributed by atoms with Gasteiger partial charge < -0.3 is 0 Å². The Bertz CT molecular complexity index is 2240. The summed E-state index contributed by atoms with van der Waals surface area (Å²) in [6.45, 7) is 21.8. The predicted molar refractivity (Wildman–Crippen MR) is 227 cm³/mol. The monoisotopic (exact) mass is 779 g/mol. The summed E-state index contributed by atoms with van der Waals surface area (Å²) in [5.41, 5.74) is 14.2. The summed E-state index contributed by atoms with van der Waals surface area (Å²) in [5.74, 6) is 1.39. The van der Waals surface area contributed by atoms with Gasteiger partial charge in [-0.05, 0) is 130 Å². The van der Waals surface area contributed by atoms with Crippen LogP contribution in [0.15, 0.2) is 102 Å². The van der Waals surface area contributed by atoms with E-state index in [4.69, 9.17) is 0 Å². The van der Waals surface area contributed by atoms with E-state index in [1.165, 1.54) is 39.5 Å². The van der Waals surface area contributed by atoms with Crippen molar-refractivity contribution in [3.63, 3.8) is 0 Å². The van der Waals surface area contributed by atoms with Gasteiger partial charge in [0.1, 0.15) is 5.57 Å². The van der Waals surface area contributed by atoms with E-state index in [9.17, 15) is 25.9 Å². The molecule has 55 heavy (non-hydrogen) atoms. The molecule has 0 aliphatic heterocycles. The lowest BCUT2D eigenvalue weighted by molar-refractivity contribution is 0.487. The van der Waals surface area contributed by atoms with Gasteiger partial charge >= 0.3 is 20.2 Å². The van der Waals surface area contributed by atoms with Crippen molar-refractivity contribution in [2.24, 2.45) is 0 Å². The molecule has 290 valence electrons. The first-order valence-corrected chi connectivity index (χ1v) is 22.0. The van der Waals surface area contributed by atoms with Gasteiger partial charge in [0, 0.05) is 23.3 Å². The van der Waals surface area contributed by atoms with Crippen LogP contribution in [0.4, 0.5) is 0 Å². The Morgan fingerprint density at radius 1 is 0.582 bits per heavy atom. The first-order valence-electron chi connectivity index (χ1n) is 19.1. The lowest BCUT2D eigenvalue weighted by atomic mass is 9.82. The van der Waals surface area contributed by atoms with Crippen molar-refractivity contribution in [3.05, 3.63) is 174 Å². The van der Waals surface area contributed by atoms with Gasteiger partial charge in [0.2, 0.25) is 0 Å². The molecule has 2 N–H and O–H groups in total. The summed E-state index contributed by atoms with van der Waals surface area (Å²) >= 11 is 0. The zero-order chi connectivity index (χ0) is 40.6. The molecule has 0 unspecified atom stereocenters. The van der Waals surface area contributed by atoms with Crippen LogP contribution in [0.3, 0.4) is 0 Å². The Morgan fingerprint density at radius 2 is 0.964 bits per heavy atom. The molecule has 0 heterocycles. The van der Waals surface area contributed by atoms with Crippen LogP contribution >= 0.6 is 0 Å². The predicted octanol–water partition coefficient (Wildman–Crippen LogP) is 11.5. The molecule has 5 rings (SSSR count). The quantitative estimate of drug-likeness (QED) is 0.109. The molecule has 0 amide bonds. The van der Waals surface area contributed by atoms with Crippen LogP contribution in [0.1, 0.15) is 146 Å². The average molecular weight is 780 g/mol. The van der Waals surface area contributed by atoms with Crippen molar-refractivity contribution in [1.82, 2.24) is 0 Å².